The van der Waals surface area contributed by atoms with Gasteiger partial charge in [0.15, 0.2) is 5.75 Å². The molecule has 0 radical (unpaired) electrons. The number of carbonyl (C=O) groups is 2. The van der Waals surface area contributed by atoms with Crippen LogP contribution in [-0.4, -0.2) is 38.9 Å². The number of carbonyl (C=O) groups excluding carboxylic acids is 1. The highest BCUT2D eigenvalue weighted by Gasteiger charge is 2.30. The van der Waals surface area contributed by atoms with E-state index in [0.29, 0.717) is 17.0 Å². The van der Waals surface area contributed by atoms with Crippen LogP contribution in [0, 0.1) is 6.92 Å². The highest BCUT2D eigenvalue weighted by atomic mass is 16.6. The van der Waals surface area contributed by atoms with Crippen LogP contribution in [0.15, 0.2) is 47.4 Å². The van der Waals surface area contributed by atoms with Gasteiger partial charge >= 0.3 is 12.2 Å². The van der Waals surface area contributed by atoms with Gasteiger partial charge in [0.25, 0.3) is 0 Å². The fourth-order valence-corrected chi connectivity index (χ4v) is 3.82. The quantitative estimate of drug-likeness (QED) is 0.382. The number of benzene rings is 1. The van der Waals surface area contributed by atoms with Crippen molar-refractivity contribution in [3.05, 3.63) is 64.1 Å². The minimum absolute atomic E-state index is 0.0990. The molecule has 192 valence electrons. The minimum atomic E-state index is -1.38. The van der Waals surface area contributed by atoms with E-state index in [1.165, 1.54) is 6.07 Å². The Morgan fingerprint density at radius 1 is 1.09 bits per heavy atom. The monoisotopic (exact) mass is 486 g/mol. The van der Waals surface area contributed by atoms with Gasteiger partial charge in [0.2, 0.25) is 5.43 Å². The number of hydrogen-bond donors (Lipinski definition) is 1. The summed E-state index contributed by atoms with van der Waals surface area (Å²) < 4.78 is 13.1. The first-order chi connectivity index (χ1) is 16.5. The number of amides is 2. The average Bonchev–Trinajstić information content (AvgIpc) is 2.78. The van der Waals surface area contributed by atoms with E-state index in [1.54, 1.807) is 33.9 Å². The molecule has 0 aliphatic carbocycles. The molecule has 2 aromatic rings. The molecule has 0 fully saturated rings. The molecule has 0 saturated heterocycles. The van der Waals surface area contributed by atoms with Gasteiger partial charge < -0.3 is 19.1 Å². The molecule has 1 unspecified atom stereocenters. The molecule has 35 heavy (non-hydrogen) atoms. The van der Waals surface area contributed by atoms with Gasteiger partial charge in [-0.1, -0.05) is 62.9 Å². The Morgan fingerprint density at radius 3 is 2.37 bits per heavy atom. The van der Waals surface area contributed by atoms with E-state index >= 15 is 0 Å². The van der Waals surface area contributed by atoms with Crippen LogP contribution in [0.25, 0.3) is 0 Å². The number of rotatable bonds is 11. The molecule has 1 atom stereocenters. The number of pyridine rings is 1. The molecule has 1 aromatic carbocycles. The van der Waals surface area contributed by atoms with Gasteiger partial charge in [-0.25, -0.2) is 14.5 Å². The van der Waals surface area contributed by atoms with Crippen LogP contribution in [-0.2, 0) is 11.3 Å². The first kappa shape index (κ1) is 28.0. The number of ether oxygens (including phenoxy) is 2. The summed E-state index contributed by atoms with van der Waals surface area (Å²) in [5.41, 5.74) is 0.442. The molecule has 0 saturated carbocycles. The molecule has 8 nitrogen and oxygen atoms in total. The van der Waals surface area contributed by atoms with Gasteiger partial charge in [-0.15, -0.1) is 0 Å². The maximum absolute atomic E-state index is 12.6. The first-order valence-corrected chi connectivity index (χ1v) is 12.2. The van der Waals surface area contributed by atoms with Crippen molar-refractivity contribution >= 4 is 12.2 Å². The molecule has 0 bridgehead atoms. The molecule has 1 heterocycles. The lowest BCUT2D eigenvalue weighted by Crippen LogP contribution is -2.43. The number of aromatic nitrogens is 1. The normalized spacial score (nSPS) is 12.1. The standard InChI is InChI=1S/C27H38N2O6/c1-6-7-8-12-15-22(18-29(25(31)32)26(33)35-27(3,4)5)28-17-16-23(30)24(20(28)2)34-19-21-13-10-9-11-14-21/h9-11,13-14,16-17,22H,6-8,12,15,18-19H2,1-5H3,(H,31,32). The van der Waals surface area contributed by atoms with E-state index in [0.717, 1.165) is 31.2 Å². The summed E-state index contributed by atoms with van der Waals surface area (Å²) in [6, 6.07) is 10.6. The van der Waals surface area contributed by atoms with E-state index in [-0.39, 0.29) is 30.4 Å². The number of hydrogen-bond acceptors (Lipinski definition) is 5. The second-order valence-corrected chi connectivity index (χ2v) is 9.65. The second-order valence-electron chi connectivity index (χ2n) is 9.65. The van der Waals surface area contributed by atoms with Crippen LogP contribution in [0.5, 0.6) is 5.75 Å². The zero-order valence-electron chi connectivity index (χ0n) is 21.5. The summed E-state index contributed by atoms with van der Waals surface area (Å²) >= 11 is 0. The van der Waals surface area contributed by atoms with E-state index in [2.05, 4.69) is 6.92 Å². The van der Waals surface area contributed by atoms with E-state index in [9.17, 15) is 19.5 Å². The molecule has 1 N–H and O–H groups in total. The van der Waals surface area contributed by atoms with Crippen molar-refractivity contribution in [1.29, 1.82) is 0 Å². The van der Waals surface area contributed by atoms with Gasteiger partial charge in [-0.05, 0) is 39.7 Å². The third-order valence-electron chi connectivity index (χ3n) is 5.57. The maximum Gasteiger partial charge on any atom is 0.419 e. The van der Waals surface area contributed by atoms with Gasteiger partial charge in [-0.2, -0.15) is 0 Å². The smallest absolute Gasteiger partial charge is 0.419 e. The van der Waals surface area contributed by atoms with E-state index in [1.807, 2.05) is 34.9 Å². The number of carboxylic acid groups (broad SMARTS) is 1. The lowest BCUT2D eigenvalue weighted by atomic mass is 10.1. The maximum atomic E-state index is 12.6. The summed E-state index contributed by atoms with van der Waals surface area (Å²) in [5.74, 6) is 0.217. The molecular weight excluding hydrogens is 448 g/mol. The Labute approximate surface area is 207 Å². The fourth-order valence-electron chi connectivity index (χ4n) is 3.82. The van der Waals surface area contributed by atoms with Crippen LogP contribution in [0.2, 0.25) is 0 Å². The van der Waals surface area contributed by atoms with Crippen LogP contribution in [0.3, 0.4) is 0 Å². The number of nitrogens with zero attached hydrogens (tertiary/aromatic N) is 2. The Hall–Kier alpha value is -3.29. The number of unbranched alkanes of at least 4 members (excludes halogenated alkanes) is 3. The van der Waals surface area contributed by atoms with Crippen LogP contribution in [0.1, 0.15) is 77.1 Å². The summed E-state index contributed by atoms with van der Waals surface area (Å²) in [6.07, 6.45) is 3.96. The molecule has 0 spiro atoms. The van der Waals surface area contributed by atoms with Crippen molar-refractivity contribution in [2.24, 2.45) is 0 Å². The molecule has 0 aliphatic rings. The predicted molar refractivity (Wildman–Crippen MR) is 135 cm³/mol. The molecule has 2 amide bonds. The topological polar surface area (TPSA) is 98.1 Å². The van der Waals surface area contributed by atoms with E-state index < -0.39 is 17.8 Å². The minimum Gasteiger partial charge on any atom is -0.483 e. The van der Waals surface area contributed by atoms with Crippen LogP contribution >= 0.6 is 0 Å². The van der Waals surface area contributed by atoms with Crippen molar-refractivity contribution in [3.8, 4) is 5.75 Å². The third-order valence-corrected chi connectivity index (χ3v) is 5.57. The molecule has 1 aromatic heterocycles. The number of imide groups is 1. The van der Waals surface area contributed by atoms with E-state index in [4.69, 9.17) is 9.47 Å². The summed E-state index contributed by atoms with van der Waals surface area (Å²) in [7, 11) is 0. The van der Waals surface area contributed by atoms with Gasteiger partial charge in [0.1, 0.15) is 12.2 Å². The molecule has 2 rings (SSSR count). The summed E-state index contributed by atoms with van der Waals surface area (Å²) in [5, 5.41) is 9.77. The van der Waals surface area contributed by atoms with Crippen LogP contribution in [0.4, 0.5) is 9.59 Å². The van der Waals surface area contributed by atoms with Crippen LogP contribution < -0.4 is 10.2 Å². The zero-order chi connectivity index (χ0) is 26.0. The highest BCUT2D eigenvalue weighted by Crippen LogP contribution is 2.24. The average molecular weight is 487 g/mol. The highest BCUT2D eigenvalue weighted by molar-refractivity contribution is 5.86. The molecule has 0 aliphatic heterocycles. The fraction of sp³-hybridized carbons (Fsp3) is 0.519. The van der Waals surface area contributed by atoms with Crippen molar-refractivity contribution in [2.45, 2.75) is 85.0 Å². The summed E-state index contributed by atoms with van der Waals surface area (Å²) in [6.45, 7) is 9.10. The molecule has 8 heteroatoms. The Balaban J connectivity index is 2.35. The lowest BCUT2D eigenvalue weighted by Gasteiger charge is -2.30. The Morgan fingerprint density at radius 2 is 1.77 bits per heavy atom. The largest absolute Gasteiger partial charge is 0.483 e. The molecular formula is C27H38N2O6. The van der Waals surface area contributed by atoms with Gasteiger partial charge in [-0.3, -0.25) is 4.79 Å². The SMILES string of the molecule is CCCCCCC(CN(C(=O)O)C(=O)OC(C)(C)C)n1ccc(=O)c(OCc2ccccc2)c1C. The van der Waals surface area contributed by atoms with Crippen molar-refractivity contribution in [3.63, 3.8) is 0 Å². The Kier molecular flexibility index (Phi) is 10.4. The Bertz CT molecular complexity index is 1030. The van der Waals surface area contributed by atoms with Crippen molar-refractivity contribution < 1.29 is 24.2 Å². The lowest BCUT2D eigenvalue weighted by molar-refractivity contribution is 0.0242. The first-order valence-electron chi connectivity index (χ1n) is 12.2. The second kappa shape index (κ2) is 13.0. The third kappa shape index (κ3) is 8.77. The summed E-state index contributed by atoms with van der Waals surface area (Å²) in [4.78, 5) is 37.9. The van der Waals surface area contributed by atoms with Gasteiger partial charge in [0.05, 0.1) is 18.3 Å². The van der Waals surface area contributed by atoms with Crippen molar-refractivity contribution in [2.75, 3.05) is 6.54 Å². The van der Waals surface area contributed by atoms with Gasteiger partial charge in [0, 0.05) is 12.3 Å². The predicted octanol–water partition coefficient (Wildman–Crippen LogP) is 6.16. The zero-order valence-corrected chi connectivity index (χ0v) is 21.5. The van der Waals surface area contributed by atoms with Crippen molar-refractivity contribution in [1.82, 2.24) is 9.47 Å².